The zero-order valence-corrected chi connectivity index (χ0v) is 23.5. The summed E-state index contributed by atoms with van der Waals surface area (Å²) in [7, 11) is 0. The van der Waals surface area contributed by atoms with Crippen LogP contribution in [0.2, 0.25) is 0 Å². The molecule has 2 aliphatic rings. The maximum Gasteiger partial charge on any atom is 0.410 e. The molecule has 2 aliphatic heterocycles. The monoisotopic (exact) mass is 575 g/mol. The number of halogens is 3. The molecule has 7 nitrogen and oxygen atoms in total. The number of hydrogen-bond donors (Lipinski definition) is 1. The fourth-order valence-corrected chi connectivity index (χ4v) is 5.97. The Labute approximate surface area is 242 Å². The van der Waals surface area contributed by atoms with Gasteiger partial charge >= 0.3 is 6.09 Å². The number of rotatable bonds is 7. The molecule has 6 rings (SSSR count). The molecule has 4 aromatic rings. The van der Waals surface area contributed by atoms with Gasteiger partial charge in [0.25, 0.3) is 6.43 Å². The minimum absolute atomic E-state index is 0.140. The second kappa shape index (κ2) is 11.5. The Kier molecular flexibility index (Phi) is 7.62. The second-order valence-corrected chi connectivity index (χ2v) is 10.9. The van der Waals surface area contributed by atoms with E-state index in [2.05, 4.69) is 32.3 Å². The molecule has 1 N–H and O–H groups in total. The van der Waals surface area contributed by atoms with Gasteiger partial charge in [0.15, 0.2) is 0 Å². The minimum Gasteiger partial charge on any atom is -0.445 e. The zero-order valence-electron chi connectivity index (χ0n) is 23.5. The van der Waals surface area contributed by atoms with Crippen LogP contribution in [0.1, 0.15) is 53.9 Å². The van der Waals surface area contributed by atoms with E-state index in [-0.39, 0.29) is 24.3 Å². The highest BCUT2D eigenvalue weighted by molar-refractivity contribution is 5.93. The number of nitrogens with one attached hydrogen (secondary N) is 1. The Balaban J connectivity index is 1.22. The average molecular weight is 576 g/mol. The third kappa shape index (κ3) is 5.45. The number of likely N-dealkylation sites (tertiary alicyclic amines) is 1. The van der Waals surface area contributed by atoms with Crippen molar-refractivity contribution in [2.24, 2.45) is 0 Å². The number of carbonyl (C=O) groups is 1. The van der Waals surface area contributed by atoms with E-state index < -0.39 is 23.8 Å². The van der Waals surface area contributed by atoms with E-state index in [0.29, 0.717) is 24.7 Å². The molecule has 3 heterocycles. The van der Waals surface area contributed by atoms with Gasteiger partial charge in [-0.25, -0.2) is 27.9 Å². The van der Waals surface area contributed by atoms with Gasteiger partial charge in [0.05, 0.1) is 17.1 Å². The first kappa shape index (κ1) is 27.8. The molecule has 1 amide bonds. The van der Waals surface area contributed by atoms with Crippen LogP contribution in [-0.2, 0) is 17.8 Å². The van der Waals surface area contributed by atoms with Crippen molar-refractivity contribution in [1.29, 1.82) is 0 Å². The Bertz CT molecular complexity index is 1620. The highest BCUT2D eigenvalue weighted by atomic mass is 19.3. The predicted molar refractivity (Wildman–Crippen MR) is 155 cm³/mol. The molecule has 0 bridgehead atoms. The minimum atomic E-state index is -2.90. The van der Waals surface area contributed by atoms with Crippen LogP contribution in [0.3, 0.4) is 0 Å². The van der Waals surface area contributed by atoms with E-state index >= 15 is 0 Å². The standard InChI is InChI=1S/C32H32F3N5O2/c1-19(24-9-6-10-25(29(24)33)30(34)35)36-31-26-16-28-22(15-27(26)37-20(2)38-31)11-14-40(28)23-12-13-39(17-23)32(41)42-18-21-7-4-3-5-8-21/h3-10,15-16,19,23,30H,11-14,17-18H2,1-2H3,(H,36,37,38)/t19-,23?/m1/s1. The highest BCUT2D eigenvalue weighted by Crippen LogP contribution is 2.38. The Morgan fingerprint density at radius 2 is 1.86 bits per heavy atom. The summed E-state index contributed by atoms with van der Waals surface area (Å²) in [5.74, 6) is 0.149. The maximum atomic E-state index is 14.9. The zero-order chi connectivity index (χ0) is 29.4. The van der Waals surface area contributed by atoms with E-state index in [1.54, 1.807) is 18.7 Å². The lowest BCUT2D eigenvalue weighted by molar-refractivity contribution is 0.104. The number of nitrogens with zero attached hydrogens (tertiary/aromatic N) is 4. The van der Waals surface area contributed by atoms with Gasteiger partial charge in [0, 0.05) is 42.3 Å². The lowest BCUT2D eigenvalue weighted by Crippen LogP contribution is -2.38. The molecule has 42 heavy (non-hydrogen) atoms. The van der Waals surface area contributed by atoms with Crippen LogP contribution in [0.15, 0.2) is 60.7 Å². The lowest BCUT2D eigenvalue weighted by atomic mass is 10.0. The summed E-state index contributed by atoms with van der Waals surface area (Å²) >= 11 is 0. The summed E-state index contributed by atoms with van der Waals surface area (Å²) in [4.78, 5) is 26.1. The van der Waals surface area contributed by atoms with Gasteiger partial charge in [-0.1, -0.05) is 48.5 Å². The number of ether oxygens (including phenoxy) is 1. The smallest absolute Gasteiger partial charge is 0.410 e. The van der Waals surface area contributed by atoms with Crippen LogP contribution >= 0.6 is 0 Å². The molecule has 0 radical (unpaired) electrons. The molecular formula is C32H32F3N5O2. The van der Waals surface area contributed by atoms with Crippen LogP contribution < -0.4 is 10.2 Å². The van der Waals surface area contributed by atoms with E-state index in [1.165, 1.54) is 17.7 Å². The van der Waals surface area contributed by atoms with Crippen LogP contribution in [0.4, 0.5) is 29.5 Å². The molecule has 2 atom stereocenters. The van der Waals surface area contributed by atoms with Crippen molar-refractivity contribution in [3.05, 3.63) is 94.6 Å². The predicted octanol–water partition coefficient (Wildman–Crippen LogP) is 6.96. The first-order valence-corrected chi connectivity index (χ1v) is 14.1. The number of anilines is 2. The number of hydrogen-bond acceptors (Lipinski definition) is 6. The van der Waals surface area contributed by atoms with Gasteiger partial charge < -0.3 is 19.9 Å². The molecule has 1 saturated heterocycles. The highest BCUT2D eigenvalue weighted by Gasteiger charge is 2.35. The normalized spacial score (nSPS) is 17.1. The molecule has 0 saturated carbocycles. The fraction of sp³-hybridized carbons (Fsp3) is 0.344. The van der Waals surface area contributed by atoms with Gasteiger partial charge in [0.2, 0.25) is 0 Å². The maximum absolute atomic E-state index is 14.9. The third-order valence-corrected chi connectivity index (χ3v) is 8.12. The van der Waals surface area contributed by atoms with Crippen molar-refractivity contribution in [3.8, 4) is 0 Å². The number of fused-ring (bicyclic) bond motifs is 2. The molecule has 1 unspecified atom stereocenters. The van der Waals surface area contributed by atoms with E-state index in [0.717, 1.165) is 47.6 Å². The van der Waals surface area contributed by atoms with Crippen LogP contribution in [-0.4, -0.2) is 46.6 Å². The number of carbonyl (C=O) groups excluding carboxylic acids is 1. The first-order valence-electron chi connectivity index (χ1n) is 14.1. The number of aromatic nitrogens is 2. The molecule has 0 aliphatic carbocycles. The average Bonchev–Trinajstić information content (AvgIpc) is 3.62. The summed E-state index contributed by atoms with van der Waals surface area (Å²) in [5, 5.41) is 4.01. The summed E-state index contributed by atoms with van der Waals surface area (Å²) in [5.41, 5.74) is 3.46. The fourth-order valence-electron chi connectivity index (χ4n) is 5.97. The molecule has 10 heteroatoms. The van der Waals surface area contributed by atoms with Crippen LogP contribution in [0, 0.1) is 12.7 Å². The van der Waals surface area contributed by atoms with Crippen molar-refractivity contribution in [1.82, 2.24) is 14.9 Å². The molecule has 218 valence electrons. The number of benzene rings is 3. The summed E-state index contributed by atoms with van der Waals surface area (Å²) in [6, 6.07) is 17.3. The molecule has 1 aromatic heterocycles. The first-order chi connectivity index (χ1) is 20.3. The van der Waals surface area contributed by atoms with E-state index in [9.17, 15) is 18.0 Å². The molecule has 3 aromatic carbocycles. The van der Waals surface area contributed by atoms with E-state index in [1.807, 2.05) is 30.3 Å². The second-order valence-electron chi connectivity index (χ2n) is 10.9. The Morgan fingerprint density at radius 3 is 2.64 bits per heavy atom. The van der Waals surface area contributed by atoms with Crippen molar-refractivity contribution in [2.45, 2.75) is 51.8 Å². The van der Waals surface area contributed by atoms with Gasteiger partial charge in [0.1, 0.15) is 24.1 Å². The van der Waals surface area contributed by atoms with Gasteiger partial charge in [-0.2, -0.15) is 0 Å². The van der Waals surface area contributed by atoms with Crippen molar-refractivity contribution in [2.75, 3.05) is 29.9 Å². The quantitative estimate of drug-likeness (QED) is 0.257. The third-order valence-electron chi connectivity index (χ3n) is 8.12. The van der Waals surface area contributed by atoms with Gasteiger partial charge in [-0.3, -0.25) is 0 Å². The van der Waals surface area contributed by atoms with Crippen LogP contribution in [0.5, 0.6) is 0 Å². The molecule has 0 spiro atoms. The van der Waals surface area contributed by atoms with Crippen molar-refractivity contribution >= 4 is 28.5 Å². The van der Waals surface area contributed by atoms with Gasteiger partial charge in [-0.15, -0.1) is 0 Å². The Hall–Kier alpha value is -4.34. The van der Waals surface area contributed by atoms with Gasteiger partial charge in [-0.05, 0) is 49.9 Å². The summed E-state index contributed by atoms with van der Waals surface area (Å²) in [6.45, 7) is 5.76. The number of alkyl halides is 2. The topological polar surface area (TPSA) is 70.6 Å². The molecular weight excluding hydrogens is 543 g/mol. The number of amides is 1. The SMILES string of the molecule is Cc1nc(N[C@H](C)c2cccc(C(F)F)c2F)c2cc3c(cc2n1)CCN3C1CCN(C(=O)OCc2ccccc2)C1. The Morgan fingerprint density at radius 1 is 1.07 bits per heavy atom. The number of aryl methyl sites for hydroxylation is 1. The van der Waals surface area contributed by atoms with E-state index in [4.69, 9.17) is 4.74 Å². The summed E-state index contributed by atoms with van der Waals surface area (Å²) in [6.07, 6.45) is -1.53. The molecule has 1 fully saturated rings. The lowest BCUT2D eigenvalue weighted by Gasteiger charge is -2.27. The van der Waals surface area contributed by atoms with Crippen molar-refractivity contribution < 1.29 is 22.7 Å². The summed E-state index contributed by atoms with van der Waals surface area (Å²) < 4.78 is 47.1. The van der Waals surface area contributed by atoms with Crippen LogP contribution in [0.25, 0.3) is 10.9 Å². The largest absolute Gasteiger partial charge is 0.445 e. The van der Waals surface area contributed by atoms with Crippen molar-refractivity contribution in [3.63, 3.8) is 0 Å².